The van der Waals surface area contributed by atoms with Crippen molar-refractivity contribution in [2.75, 3.05) is 26.9 Å². The highest BCUT2D eigenvalue weighted by molar-refractivity contribution is 5.90. The molecule has 4 rings (SSSR count). The first kappa shape index (κ1) is 23.2. The van der Waals surface area contributed by atoms with Gasteiger partial charge in [-0.15, -0.1) is 0 Å². The molecule has 0 bridgehead atoms. The number of aliphatic hydroxyl groups is 1. The Morgan fingerprint density at radius 1 is 0.912 bits per heavy atom. The summed E-state index contributed by atoms with van der Waals surface area (Å²) in [4.78, 5) is 13.1. The lowest BCUT2D eigenvalue weighted by molar-refractivity contribution is 0.226. The molecule has 7 heteroatoms. The van der Waals surface area contributed by atoms with Crippen LogP contribution < -0.4 is 19.6 Å². The van der Waals surface area contributed by atoms with Gasteiger partial charge in [0.2, 0.25) is 5.75 Å². The number of aromatic hydroxyl groups is 1. The molecule has 1 aromatic heterocycles. The van der Waals surface area contributed by atoms with Crippen LogP contribution in [-0.4, -0.2) is 37.1 Å². The van der Waals surface area contributed by atoms with Gasteiger partial charge in [0, 0.05) is 37.1 Å². The van der Waals surface area contributed by atoms with Gasteiger partial charge in [-0.25, -0.2) is 0 Å². The summed E-state index contributed by atoms with van der Waals surface area (Å²) in [6.07, 6.45) is 1.07. The van der Waals surface area contributed by atoms with E-state index in [1.165, 1.54) is 25.3 Å². The van der Waals surface area contributed by atoms with Crippen molar-refractivity contribution in [3.63, 3.8) is 0 Å². The standard InChI is InChI=1S/C27H26O7/c1-31-26-24(32-15-12-18-6-3-2-4-7-18)17-23-25(27(26)33-14-5-13-28)21(30)16-22(34-23)19-8-10-20(29)11-9-19/h2-4,6-11,16-17,28-29H,5,12-15H2,1H3. The number of aliphatic hydroxyl groups excluding tert-OH is 1. The first-order valence-electron chi connectivity index (χ1n) is 11.0. The number of phenols is 1. The lowest BCUT2D eigenvalue weighted by atomic mass is 10.1. The average Bonchev–Trinajstić information content (AvgIpc) is 2.85. The van der Waals surface area contributed by atoms with E-state index in [0.717, 1.165) is 5.56 Å². The Bertz CT molecular complexity index is 1290. The molecule has 0 aliphatic rings. The van der Waals surface area contributed by atoms with E-state index in [4.69, 9.17) is 23.7 Å². The van der Waals surface area contributed by atoms with Crippen LogP contribution in [0.3, 0.4) is 0 Å². The number of fused-ring (bicyclic) bond motifs is 1. The van der Waals surface area contributed by atoms with E-state index in [1.807, 2.05) is 30.3 Å². The number of benzene rings is 3. The fourth-order valence-electron chi connectivity index (χ4n) is 3.62. The van der Waals surface area contributed by atoms with Gasteiger partial charge in [-0.1, -0.05) is 30.3 Å². The van der Waals surface area contributed by atoms with Gasteiger partial charge in [-0.05, 0) is 29.8 Å². The fourth-order valence-corrected chi connectivity index (χ4v) is 3.62. The van der Waals surface area contributed by atoms with Gasteiger partial charge in [0.15, 0.2) is 16.9 Å². The summed E-state index contributed by atoms with van der Waals surface area (Å²) in [5, 5.41) is 19.0. The maximum atomic E-state index is 13.1. The minimum Gasteiger partial charge on any atom is -0.508 e. The van der Waals surface area contributed by atoms with Crippen LogP contribution >= 0.6 is 0 Å². The molecule has 0 amide bonds. The van der Waals surface area contributed by atoms with E-state index in [-0.39, 0.29) is 41.1 Å². The van der Waals surface area contributed by atoms with Crippen molar-refractivity contribution < 1.29 is 28.8 Å². The molecule has 0 saturated carbocycles. The number of ether oxygens (including phenoxy) is 3. The fraction of sp³-hybridized carbons (Fsp3) is 0.222. The SMILES string of the molecule is COc1c(OCCc2ccccc2)cc2oc(-c3ccc(O)cc3)cc(=O)c2c1OCCCO. The largest absolute Gasteiger partial charge is 0.508 e. The first-order chi connectivity index (χ1) is 16.6. The molecular formula is C27H26O7. The quantitative estimate of drug-likeness (QED) is 0.334. The predicted molar refractivity (Wildman–Crippen MR) is 129 cm³/mol. The van der Waals surface area contributed by atoms with Gasteiger partial charge < -0.3 is 28.8 Å². The molecule has 34 heavy (non-hydrogen) atoms. The van der Waals surface area contributed by atoms with E-state index in [2.05, 4.69) is 0 Å². The van der Waals surface area contributed by atoms with Gasteiger partial charge in [0.25, 0.3) is 0 Å². The van der Waals surface area contributed by atoms with Crippen molar-refractivity contribution in [2.45, 2.75) is 12.8 Å². The molecule has 0 aliphatic carbocycles. The molecule has 2 N–H and O–H groups in total. The Morgan fingerprint density at radius 3 is 2.38 bits per heavy atom. The topological polar surface area (TPSA) is 98.4 Å². The second kappa shape index (κ2) is 10.8. The van der Waals surface area contributed by atoms with Crippen molar-refractivity contribution in [1.29, 1.82) is 0 Å². The lowest BCUT2D eigenvalue weighted by Crippen LogP contribution is -2.09. The minimum atomic E-state index is -0.308. The summed E-state index contributed by atoms with van der Waals surface area (Å²) < 4.78 is 23.6. The maximum Gasteiger partial charge on any atom is 0.204 e. The first-order valence-corrected chi connectivity index (χ1v) is 11.0. The second-order valence-electron chi connectivity index (χ2n) is 7.64. The van der Waals surface area contributed by atoms with E-state index >= 15 is 0 Å². The van der Waals surface area contributed by atoms with Crippen molar-refractivity contribution in [3.05, 3.63) is 82.5 Å². The zero-order valence-electron chi connectivity index (χ0n) is 18.8. The predicted octanol–water partition coefficient (Wildman–Crippen LogP) is 4.56. The van der Waals surface area contributed by atoms with E-state index < -0.39 is 0 Å². The summed E-state index contributed by atoms with van der Waals surface area (Å²) >= 11 is 0. The highest BCUT2D eigenvalue weighted by Crippen LogP contribution is 2.43. The maximum absolute atomic E-state index is 13.1. The Morgan fingerprint density at radius 2 is 1.68 bits per heavy atom. The van der Waals surface area contributed by atoms with E-state index in [0.29, 0.717) is 42.3 Å². The average molecular weight is 462 g/mol. The Balaban J connectivity index is 1.77. The molecule has 7 nitrogen and oxygen atoms in total. The Hall–Kier alpha value is -3.97. The van der Waals surface area contributed by atoms with Crippen LogP contribution in [-0.2, 0) is 6.42 Å². The van der Waals surface area contributed by atoms with Gasteiger partial charge in [-0.2, -0.15) is 0 Å². The molecule has 3 aromatic carbocycles. The molecule has 1 heterocycles. The molecule has 0 fully saturated rings. The number of hydrogen-bond acceptors (Lipinski definition) is 7. The summed E-state index contributed by atoms with van der Waals surface area (Å²) in [6, 6.07) is 19.3. The summed E-state index contributed by atoms with van der Waals surface area (Å²) in [7, 11) is 1.48. The third-order valence-electron chi connectivity index (χ3n) is 5.29. The molecule has 4 aromatic rings. The van der Waals surface area contributed by atoms with Crippen molar-refractivity contribution >= 4 is 11.0 Å². The van der Waals surface area contributed by atoms with Gasteiger partial charge in [-0.3, -0.25) is 4.79 Å². The molecule has 0 saturated heterocycles. The third kappa shape index (κ3) is 5.15. The molecule has 0 spiro atoms. The summed E-state index contributed by atoms with van der Waals surface area (Å²) in [6.45, 7) is 0.519. The molecule has 0 aliphatic heterocycles. The highest BCUT2D eigenvalue weighted by Gasteiger charge is 2.22. The molecule has 0 unspecified atom stereocenters. The van der Waals surface area contributed by atoms with Crippen LogP contribution in [0.15, 0.2) is 75.9 Å². The second-order valence-corrected chi connectivity index (χ2v) is 7.64. The Kier molecular flexibility index (Phi) is 7.34. The molecule has 0 atom stereocenters. The van der Waals surface area contributed by atoms with Crippen LogP contribution in [0.25, 0.3) is 22.3 Å². The zero-order chi connectivity index (χ0) is 23.9. The monoisotopic (exact) mass is 462 g/mol. The number of methoxy groups -OCH3 is 1. The molecular weight excluding hydrogens is 436 g/mol. The third-order valence-corrected chi connectivity index (χ3v) is 5.29. The molecule has 176 valence electrons. The van der Waals surface area contributed by atoms with Crippen molar-refractivity contribution in [2.24, 2.45) is 0 Å². The zero-order valence-corrected chi connectivity index (χ0v) is 18.8. The van der Waals surface area contributed by atoms with E-state index in [1.54, 1.807) is 18.2 Å². The lowest BCUT2D eigenvalue weighted by Gasteiger charge is -2.17. The van der Waals surface area contributed by atoms with Crippen LogP contribution in [0.5, 0.6) is 23.0 Å². The number of hydrogen-bond donors (Lipinski definition) is 2. The Labute approximate surface area is 196 Å². The van der Waals surface area contributed by atoms with Crippen LogP contribution in [0.2, 0.25) is 0 Å². The van der Waals surface area contributed by atoms with Gasteiger partial charge in [0.05, 0.1) is 20.3 Å². The number of phenolic OH excluding ortho intramolecular Hbond substituents is 1. The van der Waals surface area contributed by atoms with Gasteiger partial charge >= 0.3 is 0 Å². The van der Waals surface area contributed by atoms with Gasteiger partial charge in [0.1, 0.15) is 22.5 Å². The smallest absolute Gasteiger partial charge is 0.204 e. The minimum absolute atomic E-state index is 0.0485. The summed E-state index contributed by atoms with van der Waals surface area (Å²) in [5.41, 5.74) is 1.74. The summed E-state index contributed by atoms with van der Waals surface area (Å²) in [5.74, 6) is 1.36. The number of rotatable bonds is 10. The van der Waals surface area contributed by atoms with Crippen molar-refractivity contribution in [3.8, 4) is 34.3 Å². The van der Waals surface area contributed by atoms with Crippen LogP contribution in [0, 0.1) is 0 Å². The molecule has 0 radical (unpaired) electrons. The highest BCUT2D eigenvalue weighted by atomic mass is 16.5. The van der Waals surface area contributed by atoms with Crippen LogP contribution in [0.4, 0.5) is 0 Å². The normalized spacial score (nSPS) is 10.9. The van der Waals surface area contributed by atoms with E-state index in [9.17, 15) is 9.90 Å². The van der Waals surface area contributed by atoms with Crippen LogP contribution in [0.1, 0.15) is 12.0 Å². The van der Waals surface area contributed by atoms with Crippen molar-refractivity contribution in [1.82, 2.24) is 0 Å².